The summed E-state index contributed by atoms with van der Waals surface area (Å²) >= 11 is 0. The van der Waals surface area contributed by atoms with Crippen molar-refractivity contribution in [2.45, 2.75) is 19.4 Å². The molecule has 1 amide bonds. The molecule has 0 bridgehead atoms. The molecule has 0 radical (unpaired) electrons. The first kappa shape index (κ1) is 20.5. The number of hydrogen-bond donors (Lipinski definition) is 0. The van der Waals surface area contributed by atoms with E-state index in [0.29, 0.717) is 37.9 Å². The third-order valence-electron chi connectivity index (χ3n) is 4.47. The number of hydrogen-bond acceptors (Lipinski definition) is 7. The number of piperazine rings is 1. The molecule has 1 aromatic carbocycles. The molecule has 1 saturated heterocycles. The molecular weight excluding hydrogens is 379 g/mol. The molecule has 0 atom stereocenters. The van der Waals surface area contributed by atoms with Crippen LogP contribution >= 0.6 is 0 Å². The first-order valence-corrected chi connectivity index (χ1v) is 9.27. The Balaban J connectivity index is 1.46. The van der Waals surface area contributed by atoms with E-state index in [4.69, 9.17) is 9.47 Å². The molecule has 1 aliphatic heterocycles. The van der Waals surface area contributed by atoms with E-state index < -0.39 is 17.4 Å². The third-order valence-corrected chi connectivity index (χ3v) is 4.47. The smallest absolute Gasteiger partial charge is 0.350 e. The third kappa shape index (κ3) is 5.40. The Hall–Kier alpha value is -3.23. The van der Waals surface area contributed by atoms with Crippen molar-refractivity contribution in [2.75, 3.05) is 37.7 Å². The van der Waals surface area contributed by atoms with Gasteiger partial charge in [0.1, 0.15) is 11.6 Å². The number of carbonyl (C=O) groups is 2. The van der Waals surface area contributed by atoms with Gasteiger partial charge in [0.05, 0.1) is 0 Å². The highest BCUT2D eigenvalue weighted by molar-refractivity contribution is 5.84. The van der Waals surface area contributed by atoms with Crippen LogP contribution in [0, 0.1) is 5.82 Å². The van der Waals surface area contributed by atoms with E-state index >= 15 is 0 Å². The summed E-state index contributed by atoms with van der Waals surface area (Å²) in [5.41, 5.74) is -1.32. The average molecular weight is 402 g/mol. The van der Waals surface area contributed by atoms with Gasteiger partial charge < -0.3 is 19.3 Å². The Morgan fingerprint density at radius 1 is 1.07 bits per heavy atom. The molecule has 29 heavy (non-hydrogen) atoms. The second-order valence-electron chi connectivity index (χ2n) is 7.06. The lowest BCUT2D eigenvalue weighted by molar-refractivity contribution is -0.164. The molecule has 1 fully saturated rings. The van der Waals surface area contributed by atoms with Crippen LogP contribution in [0.1, 0.15) is 13.8 Å². The Labute approximate surface area is 168 Å². The SMILES string of the molecule is CC(C)(Oc1ccc(F)cc1)C(=O)OCC(=O)N1CCN(c2ncccn2)CC1. The van der Waals surface area contributed by atoms with Gasteiger partial charge in [0, 0.05) is 38.6 Å². The number of nitrogens with zero attached hydrogens (tertiary/aromatic N) is 4. The Morgan fingerprint density at radius 3 is 2.31 bits per heavy atom. The molecule has 0 unspecified atom stereocenters. The summed E-state index contributed by atoms with van der Waals surface area (Å²) in [6.07, 6.45) is 3.35. The number of halogens is 1. The van der Waals surface area contributed by atoms with Gasteiger partial charge in [-0.15, -0.1) is 0 Å². The summed E-state index contributed by atoms with van der Waals surface area (Å²) in [6.45, 7) is 4.88. The number of benzene rings is 1. The molecule has 154 valence electrons. The van der Waals surface area contributed by atoms with Crippen molar-refractivity contribution >= 4 is 17.8 Å². The van der Waals surface area contributed by atoms with Gasteiger partial charge in [0.2, 0.25) is 5.95 Å². The fourth-order valence-electron chi connectivity index (χ4n) is 2.84. The van der Waals surface area contributed by atoms with Gasteiger partial charge in [-0.25, -0.2) is 19.2 Å². The molecule has 2 aromatic rings. The molecule has 0 spiro atoms. The molecule has 2 heterocycles. The summed E-state index contributed by atoms with van der Waals surface area (Å²) in [4.78, 5) is 36.8. The van der Waals surface area contributed by atoms with E-state index in [1.54, 1.807) is 23.4 Å². The number of amides is 1. The largest absolute Gasteiger partial charge is 0.476 e. The van der Waals surface area contributed by atoms with E-state index in [-0.39, 0.29) is 12.5 Å². The quantitative estimate of drug-likeness (QED) is 0.680. The number of rotatable bonds is 6. The standard InChI is InChI=1S/C20H23FN4O4/c1-20(2,29-16-6-4-15(21)5-7-16)18(27)28-14-17(26)24-10-12-25(13-11-24)19-22-8-3-9-23-19/h3-9H,10-14H2,1-2H3. The van der Waals surface area contributed by atoms with Crippen molar-refractivity contribution in [1.29, 1.82) is 0 Å². The molecule has 8 nitrogen and oxygen atoms in total. The minimum Gasteiger partial charge on any atom is -0.476 e. The zero-order chi connectivity index (χ0) is 20.9. The van der Waals surface area contributed by atoms with Gasteiger partial charge in [0.25, 0.3) is 5.91 Å². The van der Waals surface area contributed by atoms with Crippen LogP contribution < -0.4 is 9.64 Å². The van der Waals surface area contributed by atoms with Crippen LogP contribution in [0.25, 0.3) is 0 Å². The molecule has 9 heteroatoms. The molecular formula is C20H23FN4O4. The fraction of sp³-hybridized carbons (Fsp3) is 0.400. The Kier molecular flexibility index (Phi) is 6.26. The summed E-state index contributed by atoms with van der Waals surface area (Å²) in [5.74, 6) is -0.386. The van der Waals surface area contributed by atoms with Crippen LogP contribution in [0.3, 0.4) is 0 Å². The van der Waals surface area contributed by atoms with E-state index in [1.165, 1.54) is 38.1 Å². The van der Waals surface area contributed by atoms with Gasteiger partial charge in [0.15, 0.2) is 12.2 Å². The molecule has 0 N–H and O–H groups in total. The highest BCUT2D eigenvalue weighted by atomic mass is 19.1. The van der Waals surface area contributed by atoms with Crippen LogP contribution in [0.15, 0.2) is 42.7 Å². The molecule has 1 aliphatic rings. The number of carbonyl (C=O) groups excluding carboxylic acids is 2. The lowest BCUT2D eigenvalue weighted by atomic mass is 10.1. The molecule has 0 saturated carbocycles. The lowest BCUT2D eigenvalue weighted by Gasteiger charge is -2.34. The van der Waals surface area contributed by atoms with Gasteiger partial charge in [-0.2, -0.15) is 0 Å². The zero-order valence-corrected chi connectivity index (χ0v) is 16.4. The predicted molar refractivity (Wildman–Crippen MR) is 103 cm³/mol. The van der Waals surface area contributed by atoms with Gasteiger partial charge in [-0.3, -0.25) is 4.79 Å². The van der Waals surface area contributed by atoms with Crippen molar-refractivity contribution in [1.82, 2.24) is 14.9 Å². The second-order valence-corrected chi connectivity index (χ2v) is 7.06. The highest BCUT2D eigenvalue weighted by Crippen LogP contribution is 2.20. The fourth-order valence-corrected chi connectivity index (χ4v) is 2.84. The first-order chi connectivity index (χ1) is 13.8. The van der Waals surface area contributed by atoms with Crippen LogP contribution in [-0.4, -0.2) is 65.1 Å². The highest BCUT2D eigenvalue weighted by Gasteiger charge is 2.33. The van der Waals surface area contributed by atoms with Crippen molar-refractivity contribution < 1.29 is 23.5 Å². The van der Waals surface area contributed by atoms with Crippen molar-refractivity contribution in [2.24, 2.45) is 0 Å². The maximum atomic E-state index is 13.0. The summed E-state index contributed by atoms with van der Waals surface area (Å²) in [7, 11) is 0. The van der Waals surface area contributed by atoms with Crippen LogP contribution in [0.2, 0.25) is 0 Å². The minimum atomic E-state index is -1.32. The Morgan fingerprint density at radius 2 is 1.69 bits per heavy atom. The van der Waals surface area contributed by atoms with Crippen molar-refractivity contribution in [3.05, 3.63) is 48.5 Å². The summed E-state index contributed by atoms with van der Waals surface area (Å²) < 4.78 is 23.7. The minimum absolute atomic E-state index is 0.274. The molecule has 1 aromatic heterocycles. The number of esters is 1. The maximum Gasteiger partial charge on any atom is 0.350 e. The number of aromatic nitrogens is 2. The number of ether oxygens (including phenoxy) is 2. The van der Waals surface area contributed by atoms with Crippen LogP contribution in [-0.2, 0) is 14.3 Å². The van der Waals surface area contributed by atoms with E-state index in [0.717, 1.165) is 0 Å². The monoisotopic (exact) mass is 402 g/mol. The van der Waals surface area contributed by atoms with Crippen LogP contribution in [0.4, 0.5) is 10.3 Å². The molecule has 3 rings (SSSR count). The van der Waals surface area contributed by atoms with E-state index in [9.17, 15) is 14.0 Å². The predicted octanol–water partition coefficient (Wildman–Crippen LogP) is 1.67. The van der Waals surface area contributed by atoms with Crippen molar-refractivity contribution in [3.8, 4) is 5.75 Å². The van der Waals surface area contributed by atoms with E-state index in [2.05, 4.69) is 9.97 Å². The number of anilines is 1. The average Bonchev–Trinajstić information content (AvgIpc) is 2.74. The second kappa shape index (κ2) is 8.85. The van der Waals surface area contributed by atoms with Crippen molar-refractivity contribution in [3.63, 3.8) is 0 Å². The van der Waals surface area contributed by atoms with Gasteiger partial charge >= 0.3 is 5.97 Å². The van der Waals surface area contributed by atoms with Crippen LogP contribution in [0.5, 0.6) is 5.75 Å². The summed E-state index contributed by atoms with van der Waals surface area (Å²) in [6, 6.07) is 7.07. The normalized spacial score (nSPS) is 14.4. The van der Waals surface area contributed by atoms with Gasteiger partial charge in [-0.05, 0) is 44.2 Å². The first-order valence-electron chi connectivity index (χ1n) is 9.27. The lowest BCUT2D eigenvalue weighted by Crippen LogP contribution is -2.50. The maximum absolute atomic E-state index is 13.0. The topological polar surface area (TPSA) is 84.9 Å². The Bertz CT molecular complexity index is 837. The van der Waals surface area contributed by atoms with Gasteiger partial charge in [-0.1, -0.05) is 0 Å². The van der Waals surface area contributed by atoms with E-state index in [1.807, 2.05) is 4.90 Å². The molecule has 0 aliphatic carbocycles. The zero-order valence-electron chi connectivity index (χ0n) is 16.4. The summed E-state index contributed by atoms with van der Waals surface area (Å²) in [5, 5.41) is 0.